The van der Waals surface area contributed by atoms with E-state index < -0.39 is 5.60 Å². The number of carbonyl (C=O) groups excluding carboxylic acids is 1. The summed E-state index contributed by atoms with van der Waals surface area (Å²) >= 11 is 11.7. The molecule has 0 saturated carbocycles. The first-order valence-corrected chi connectivity index (χ1v) is 7.13. The van der Waals surface area contributed by atoms with E-state index in [0.29, 0.717) is 16.6 Å². The molecule has 20 heavy (non-hydrogen) atoms. The van der Waals surface area contributed by atoms with Gasteiger partial charge in [-0.1, -0.05) is 29.3 Å². The van der Waals surface area contributed by atoms with Gasteiger partial charge in [-0.3, -0.25) is 4.79 Å². The standard InChI is InChI=1S/C15H19Cl2NO2/c1-4-18(10-15(2,3)20)14(19)8-6-11-5-7-12(16)13(17)9-11/h5-9,20H,4,10H2,1-3H3. The Kier molecular flexibility index (Phi) is 6.06. The third-order valence-corrected chi connectivity index (χ3v) is 3.37. The van der Waals surface area contributed by atoms with Crippen LogP contribution in [0, 0.1) is 0 Å². The van der Waals surface area contributed by atoms with Crippen molar-refractivity contribution in [3.63, 3.8) is 0 Å². The van der Waals surface area contributed by atoms with Gasteiger partial charge >= 0.3 is 0 Å². The zero-order valence-corrected chi connectivity index (χ0v) is 13.4. The number of nitrogens with zero attached hydrogens (tertiary/aromatic N) is 1. The zero-order valence-electron chi connectivity index (χ0n) is 11.9. The average Bonchev–Trinajstić information content (AvgIpc) is 2.36. The molecule has 0 heterocycles. The van der Waals surface area contributed by atoms with E-state index in [9.17, 15) is 9.90 Å². The number of carbonyl (C=O) groups is 1. The van der Waals surface area contributed by atoms with Crippen molar-refractivity contribution >= 4 is 35.2 Å². The number of likely N-dealkylation sites (N-methyl/N-ethyl adjacent to an activating group) is 1. The van der Waals surface area contributed by atoms with Crippen molar-refractivity contribution in [2.75, 3.05) is 13.1 Å². The monoisotopic (exact) mass is 315 g/mol. The lowest BCUT2D eigenvalue weighted by atomic mass is 10.1. The second-order valence-corrected chi connectivity index (χ2v) is 5.99. The molecule has 0 fully saturated rings. The van der Waals surface area contributed by atoms with Crippen LogP contribution in [0.1, 0.15) is 26.3 Å². The summed E-state index contributed by atoms with van der Waals surface area (Å²) in [6.45, 7) is 6.04. The molecule has 1 rings (SSSR count). The minimum absolute atomic E-state index is 0.152. The average molecular weight is 316 g/mol. The molecular formula is C15H19Cl2NO2. The fourth-order valence-electron chi connectivity index (χ4n) is 1.70. The fraction of sp³-hybridized carbons (Fsp3) is 0.400. The van der Waals surface area contributed by atoms with Crippen molar-refractivity contribution in [3.05, 3.63) is 39.9 Å². The van der Waals surface area contributed by atoms with Gasteiger partial charge in [-0.15, -0.1) is 0 Å². The SMILES string of the molecule is CCN(CC(C)(C)O)C(=O)C=Cc1ccc(Cl)c(Cl)c1. The van der Waals surface area contributed by atoms with Crippen LogP contribution in [0.3, 0.4) is 0 Å². The van der Waals surface area contributed by atoms with E-state index in [2.05, 4.69) is 0 Å². The molecular weight excluding hydrogens is 297 g/mol. The van der Waals surface area contributed by atoms with Gasteiger partial charge in [-0.2, -0.15) is 0 Å². The number of hydrogen-bond donors (Lipinski definition) is 1. The minimum atomic E-state index is -0.914. The highest BCUT2D eigenvalue weighted by Crippen LogP contribution is 2.23. The first kappa shape index (κ1) is 17.0. The zero-order chi connectivity index (χ0) is 15.3. The van der Waals surface area contributed by atoms with E-state index in [4.69, 9.17) is 23.2 Å². The van der Waals surface area contributed by atoms with Crippen LogP contribution >= 0.6 is 23.2 Å². The molecule has 0 saturated heterocycles. The Morgan fingerprint density at radius 2 is 2.00 bits per heavy atom. The summed E-state index contributed by atoms with van der Waals surface area (Å²) in [6, 6.07) is 5.16. The van der Waals surface area contributed by atoms with Gasteiger partial charge in [0.25, 0.3) is 0 Å². The Labute approximate surface area is 129 Å². The van der Waals surface area contributed by atoms with E-state index in [1.807, 2.05) is 6.92 Å². The normalized spacial score (nSPS) is 11.9. The molecule has 1 N–H and O–H groups in total. The molecule has 0 atom stereocenters. The van der Waals surface area contributed by atoms with Gasteiger partial charge in [-0.05, 0) is 44.5 Å². The maximum absolute atomic E-state index is 12.0. The van der Waals surface area contributed by atoms with Crippen LogP contribution < -0.4 is 0 Å². The van der Waals surface area contributed by atoms with Crippen LogP contribution in [0.5, 0.6) is 0 Å². The first-order chi connectivity index (χ1) is 9.23. The number of benzene rings is 1. The summed E-state index contributed by atoms with van der Waals surface area (Å²) < 4.78 is 0. The van der Waals surface area contributed by atoms with Crippen LogP contribution in [0.15, 0.2) is 24.3 Å². The van der Waals surface area contributed by atoms with E-state index in [1.165, 1.54) is 6.08 Å². The predicted octanol–water partition coefficient (Wildman–Crippen LogP) is 3.63. The topological polar surface area (TPSA) is 40.5 Å². The molecule has 1 amide bonds. The van der Waals surface area contributed by atoms with Crippen molar-refractivity contribution in [1.29, 1.82) is 0 Å². The molecule has 5 heteroatoms. The van der Waals surface area contributed by atoms with Gasteiger partial charge in [0.15, 0.2) is 0 Å². The number of hydrogen-bond acceptors (Lipinski definition) is 2. The van der Waals surface area contributed by atoms with Crippen molar-refractivity contribution in [2.24, 2.45) is 0 Å². The Balaban J connectivity index is 2.77. The molecule has 0 unspecified atom stereocenters. The lowest BCUT2D eigenvalue weighted by Gasteiger charge is -2.27. The van der Waals surface area contributed by atoms with Crippen LogP contribution in [0.25, 0.3) is 6.08 Å². The number of halogens is 2. The van der Waals surface area contributed by atoms with Gasteiger partial charge in [0.2, 0.25) is 5.91 Å². The highest BCUT2D eigenvalue weighted by Gasteiger charge is 2.19. The Bertz CT molecular complexity index is 507. The van der Waals surface area contributed by atoms with E-state index in [1.54, 1.807) is 43.0 Å². The predicted molar refractivity (Wildman–Crippen MR) is 84.0 cm³/mol. The van der Waals surface area contributed by atoms with Crippen LogP contribution in [0.4, 0.5) is 0 Å². The van der Waals surface area contributed by atoms with E-state index in [-0.39, 0.29) is 12.5 Å². The number of aliphatic hydroxyl groups is 1. The Morgan fingerprint density at radius 1 is 1.35 bits per heavy atom. The summed E-state index contributed by atoms with van der Waals surface area (Å²) in [6.07, 6.45) is 3.15. The molecule has 1 aromatic rings. The second kappa shape index (κ2) is 7.11. The largest absolute Gasteiger partial charge is 0.389 e. The summed E-state index contributed by atoms with van der Waals surface area (Å²) in [5.74, 6) is -0.152. The molecule has 0 aliphatic rings. The second-order valence-electron chi connectivity index (χ2n) is 5.17. The maximum atomic E-state index is 12.0. The molecule has 0 bridgehead atoms. The van der Waals surface area contributed by atoms with Crippen LogP contribution in [-0.2, 0) is 4.79 Å². The summed E-state index contributed by atoms with van der Waals surface area (Å²) in [5, 5.41) is 10.7. The number of amides is 1. The Hall–Kier alpha value is -1.03. The van der Waals surface area contributed by atoms with Crippen LogP contribution in [-0.4, -0.2) is 34.6 Å². The van der Waals surface area contributed by atoms with Crippen molar-refractivity contribution in [1.82, 2.24) is 4.90 Å². The van der Waals surface area contributed by atoms with E-state index in [0.717, 1.165) is 5.56 Å². The van der Waals surface area contributed by atoms with Crippen molar-refractivity contribution < 1.29 is 9.90 Å². The lowest BCUT2D eigenvalue weighted by molar-refractivity contribution is -0.128. The number of rotatable bonds is 5. The molecule has 110 valence electrons. The van der Waals surface area contributed by atoms with Crippen molar-refractivity contribution in [2.45, 2.75) is 26.4 Å². The summed E-state index contributed by atoms with van der Waals surface area (Å²) in [5.41, 5.74) is -0.115. The van der Waals surface area contributed by atoms with Crippen LogP contribution in [0.2, 0.25) is 10.0 Å². The third-order valence-electron chi connectivity index (χ3n) is 2.63. The molecule has 0 aromatic heterocycles. The Morgan fingerprint density at radius 3 is 2.50 bits per heavy atom. The summed E-state index contributed by atoms with van der Waals surface area (Å²) in [4.78, 5) is 13.6. The fourth-order valence-corrected chi connectivity index (χ4v) is 2.01. The van der Waals surface area contributed by atoms with Crippen molar-refractivity contribution in [3.8, 4) is 0 Å². The molecule has 0 radical (unpaired) electrons. The summed E-state index contributed by atoms with van der Waals surface area (Å²) in [7, 11) is 0. The maximum Gasteiger partial charge on any atom is 0.246 e. The third kappa shape index (κ3) is 5.53. The molecule has 3 nitrogen and oxygen atoms in total. The van der Waals surface area contributed by atoms with Gasteiger partial charge < -0.3 is 10.0 Å². The quantitative estimate of drug-likeness (QED) is 0.843. The molecule has 0 aliphatic heterocycles. The molecule has 1 aromatic carbocycles. The highest BCUT2D eigenvalue weighted by atomic mass is 35.5. The first-order valence-electron chi connectivity index (χ1n) is 6.37. The highest BCUT2D eigenvalue weighted by molar-refractivity contribution is 6.42. The molecule has 0 spiro atoms. The van der Waals surface area contributed by atoms with Gasteiger partial charge in [-0.25, -0.2) is 0 Å². The van der Waals surface area contributed by atoms with Gasteiger partial charge in [0, 0.05) is 19.2 Å². The lowest BCUT2D eigenvalue weighted by Crippen LogP contribution is -2.41. The van der Waals surface area contributed by atoms with E-state index >= 15 is 0 Å². The van der Waals surface area contributed by atoms with Gasteiger partial charge in [0.05, 0.1) is 15.6 Å². The van der Waals surface area contributed by atoms with Gasteiger partial charge in [0.1, 0.15) is 0 Å². The molecule has 0 aliphatic carbocycles. The smallest absolute Gasteiger partial charge is 0.246 e. The minimum Gasteiger partial charge on any atom is -0.389 e.